The predicted molar refractivity (Wildman–Crippen MR) is 98.6 cm³/mol. The lowest BCUT2D eigenvalue weighted by Crippen LogP contribution is -2.21. The molecule has 156 valence electrons. The van der Waals surface area contributed by atoms with Gasteiger partial charge in [0.15, 0.2) is 11.8 Å². The van der Waals surface area contributed by atoms with E-state index in [0.29, 0.717) is 0 Å². The normalized spacial score (nSPS) is 13.2. The Hall–Kier alpha value is -2.64. The summed E-state index contributed by atoms with van der Waals surface area (Å²) in [5.74, 6) is -0.318. The van der Waals surface area contributed by atoms with Gasteiger partial charge < -0.3 is 14.4 Å². The Morgan fingerprint density at radius 3 is 2.17 bits per heavy atom. The summed E-state index contributed by atoms with van der Waals surface area (Å²) >= 11 is 0. The molecule has 0 spiro atoms. The van der Waals surface area contributed by atoms with E-state index in [9.17, 15) is 22.9 Å². The van der Waals surface area contributed by atoms with Gasteiger partial charge in [-0.25, -0.2) is 4.79 Å². The van der Waals surface area contributed by atoms with Crippen LogP contribution in [0.1, 0.15) is 26.3 Å². The Bertz CT molecular complexity index is 869. The second kappa shape index (κ2) is 9.71. The van der Waals surface area contributed by atoms with Gasteiger partial charge in [-0.1, -0.05) is 16.9 Å². The smallest absolute Gasteiger partial charge is 0.416 e. The van der Waals surface area contributed by atoms with E-state index in [4.69, 9.17) is 14.0 Å². The lowest BCUT2D eigenvalue weighted by molar-refractivity contribution is -0.170. The monoisotopic (exact) mass is 429 g/mol. The van der Waals surface area contributed by atoms with Gasteiger partial charge in [-0.2, -0.15) is 13.2 Å². The van der Waals surface area contributed by atoms with E-state index in [1.807, 2.05) is 0 Å². The summed E-state index contributed by atoms with van der Waals surface area (Å²) in [4.78, 5) is 23.9. The van der Waals surface area contributed by atoms with Crippen molar-refractivity contribution in [3.8, 4) is 17.2 Å². The molecular weight excluding hydrogens is 410 g/mol. The maximum atomic E-state index is 12.6. The third kappa shape index (κ3) is 7.03. The minimum absolute atomic E-state index is 0.0571. The standard InChI is InChI=1S/C19H19F3NO5P/c1-12(2)26-18(24)13(3)23-29(25)28-17-7-5-4-6-16(17)27-15-10-8-14(9-11-15)19(20,21)22/h4-13H,1-3H3. The molecule has 2 unspecified atom stereocenters. The van der Waals surface area contributed by atoms with E-state index < -0.39 is 31.9 Å². The average molecular weight is 429 g/mol. The molecule has 0 aliphatic rings. The van der Waals surface area contributed by atoms with E-state index in [1.54, 1.807) is 26.0 Å². The number of hydrogen-bond donors (Lipinski definition) is 0. The van der Waals surface area contributed by atoms with Crippen LogP contribution in [0.3, 0.4) is 0 Å². The number of para-hydroxylation sites is 2. The molecule has 0 amide bonds. The van der Waals surface area contributed by atoms with Gasteiger partial charge in [0.05, 0.1) is 11.7 Å². The van der Waals surface area contributed by atoms with Crippen LogP contribution in [-0.2, 0) is 15.7 Å². The SMILES string of the molecule is CC(C)OC(=O)C(C)N=[P+]([O-])Oc1ccccc1Oc1ccc(C(F)(F)F)cc1. The molecule has 0 aromatic heterocycles. The highest BCUT2D eigenvalue weighted by Gasteiger charge is 2.30. The minimum Gasteiger partial charge on any atom is -0.575 e. The number of nitrogens with zero attached hydrogens (tertiary/aromatic N) is 1. The van der Waals surface area contributed by atoms with E-state index in [2.05, 4.69) is 4.74 Å². The Balaban J connectivity index is 2.12. The predicted octanol–water partition coefficient (Wildman–Crippen LogP) is 5.07. The van der Waals surface area contributed by atoms with Gasteiger partial charge in [0, 0.05) is 0 Å². The fraction of sp³-hybridized carbons (Fsp3) is 0.316. The Kier molecular flexibility index (Phi) is 7.59. The largest absolute Gasteiger partial charge is 0.575 e. The molecule has 6 nitrogen and oxygen atoms in total. The lowest BCUT2D eigenvalue weighted by atomic mass is 10.2. The van der Waals surface area contributed by atoms with Crippen LogP contribution in [-0.4, -0.2) is 18.1 Å². The molecule has 2 aromatic carbocycles. The van der Waals surface area contributed by atoms with Gasteiger partial charge in [0.25, 0.3) is 0 Å². The van der Waals surface area contributed by atoms with Crippen molar-refractivity contribution in [3.63, 3.8) is 0 Å². The van der Waals surface area contributed by atoms with Gasteiger partial charge in [-0.15, -0.1) is 0 Å². The van der Waals surface area contributed by atoms with Crippen LogP contribution < -0.4 is 14.2 Å². The number of benzene rings is 2. The summed E-state index contributed by atoms with van der Waals surface area (Å²) in [5, 5.41) is 0. The molecule has 0 aliphatic heterocycles. The first kappa shape index (κ1) is 22.6. The number of carbonyl (C=O) groups excluding carboxylic acids is 1. The highest BCUT2D eigenvalue weighted by molar-refractivity contribution is 7.34. The van der Waals surface area contributed by atoms with E-state index >= 15 is 0 Å². The second-order valence-corrected chi connectivity index (χ2v) is 7.07. The van der Waals surface area contributed by atoms with Gasteiger partial charge >= 0.3 is 20.3 Å². The third-order valence-corrected chi connectivity index (χ3v) is 4.28. The van der Waals surface area contributed by atoms with Crippen LogP contribution in [0, 0.1) is 0 Å². The van der Waals surface area contributed by atoms with Crippen molar-refractivity contribution in [1.29, 1.82) is 0 Å². The molecule has 2 aromatic rings. The fourth-order valence-electron chi connectivity index (χ4n) is 2.08. The van der Waals surface area contributed by atoms with Gasteiger partial charge in [-0.05, 0) is 57.2 Å². The average Bonchev–Trinajstić information content (AvgIpc) is 2.62. The third-order valence-electron chi connectivity index (χ3n) is 3.40. The molecule has 0 heterocycles. The zero-order valence-corrected chi connectivity index (χ0v) is 16.7. The molecular formula is C19H19F3NO5P. The van der Waals surface area contributed by atoms with Crippen molar-refractivity contribution in [2.24, 2.45) is 4.74 Å². The van der Waals surface area contributed by atoms with Gasteiger partial charge in [0.2, 0.25) is 5.75 Å². The van der Waals surface area contributed by atoms with Gasteiger partial charge in [0.1, 0.15) is 5.75 Å². The van der Waals surface area contributed by atoms with Crippen LogP contribution in [0.2, 0.25) is 0 Å². The molecule has 2 atom stereocenters. The maximum Gasteiger partial charge on any atom is 0.416 e. The lowest BCUT2D eigenvalue weighted by Gasteiger charge is -2.11. The molecule has 0 saturated carbocycles. The van der Waals surface area contributed by atoms with Crippen molar-refractivity contribution < 1.29 is 36.9 Å². The summed E-state index contributed by atoms with van der Waals surface area (Å²) in [6.07, 6.45) is -4.79. The van der Waals surface area contributed by atoms with Gasteiger partial charge in [-0.3, -0.25) is 4.52 Å². The molecule has 0 N–H and O–H groups in total. The first-order chi connectivity index (χ1) is 13.6. The Morgan fingerprint density at radius 2 is 1.62 bits per heavy atom. The Morgan fingerprint density at radius 1 is 1.03 bits per heavy atom. The number of carbonyl (C=O) groups is 1. The Labute approximate surface area is 166 Å². The summed E-state index contributed by atoms with van der Waals surface area (Å²) in [7, 11) is -2.62. The number of halogens is 3. The van der Waals surface area contributed by atoms with Crippen molar-refractivity contribution in [1.82, 2.24) is 0 Å². The van der Waals surface area contributed by atoms with Crippen LogP contribution >= 0.6 is 8.17 Å². The summed E-state index contributed by atoms with van der Waals surface area (Å²) < 4.78 is 57.4. The maximum absolute atomic E-state index is 12.6. The van der Waals surface area contributed by atoms with Crippen molar-refractivity contribution in [2.75, 3.05) is 0 Å². The van der Waals surface area contributed by atoms with E-state index in [1.165, 1.54) is 19.1 Å². The number of esters is 1. The number of ether oxygens (including phenoxy) is 2. The zero-order chi connectivity index (χ0) is 21.6. The van der Waals surface area contributed by atoms with Crippen molar-refractivity contribution >= 4 is 14.1 Å². The molecule has 0 saturated heterocycles. The minimum atomic E-state index is -4.45. The van der Waals surface area contributed by atoms with Crippen LogP contribution in [0.15, 0.2) is 53.3 Å². The first-order valence-corrected chi connectivity index (χ1v) is 9.70. The van der Waals surface area contributed by atoms with E-state index in [-0.39, 0.29) is 23.4 Å². The first-order valence-electron chi connectivity index (χ1n) is 8.57. The molecule has 0 aliphatic carbocycles. The van der Waals surface area contributed by atoms with Crippen LogP contribution in [0.4, 0.5) is 13.2 Å². The highest BCUT2D eigenvalue weighted by atomic mass is 31.1. The number of alkyl halides is 3. The molecule has 0 radical (unpaired) electrons. The number of rotatable bonds is 7. The second-order valence-electron chi connectivity index (χ2n) is 6.18. The summed E-state index contributed by atoms with van der Waals surface area (Å²) in [5.41, 5.74) is -0.807. The molecule has 0 bridgehead atoms. The summed E-state index contributed by atoms with van der Waals surface area (Å²) in [6, 6.07) is 9.25. The van der Waals surface area contributed by atoms with Crippen LogP contribution in [0.25, 0.3) is 0 Å². The quantitative estimate of drug-likeness (QED) is 0.453. The topological polar surface area (TPSA) is 80.2 Å². The van der Waals surface area contributed by atoms with Crippen molar-refractivity contribution in [2.45, 2.75) is 39.1 Å². The van der Waals surface area contributed by atoms with Crippen LogP contribution in [0.5, 0.6) is 17.2 Å². The highest BCUT2D eigenvalue weighted by Crippen LogP contribution is 2.37. The molecule has 2 rings (SSSR count). The summed E-state index contributed by atoms with van der Waals surface area (Å²) in [6.45, 7) is 4.78. The molecule has 0 fully saturated rings. The van der Waals surface area contributed by atoms with E-state index in [0.717, 1.165) is 24.3 Å². The fourth-order valence-corrected chi connectivity index (χ4v) is 2.82. The number of hydrogen-bond acceptors (Lipinski definition) is 6. The zero-order valence-electron chi connectivity index (χ0n) is 15.8. The molecule has 10 heteroatoms. The molecule has 29 heavy (non-hydrogen) atoms. The van der Waals surface area contributed by atoms with Crippen molar-refractivity contribution in [3.05, 3.63) is 54.1 Å².